The van der Waals surface area contributed by atoms with Crippen molar-refractivity contribution in [3.05, 3.63) is 86.2 Å². The number of rotatable bonds is 9. The summed E-state index contributed by atoms with van der Waals surface area (Å²) >= 11 is 1.34. The Hall–Kier alpha value is -3.98. The van der Waals surface area contributed by atoms with Crippen molar-refractivity contribution >= 4 is 33.3 Å². The minimum Gasteiger partial charge on any atom is -0.490 e. The first-order chi connectivity index (χ1) is 18.4. The molecule has 0 spiro atoms. The number of hydrogen-bond donors (Lipinski definition) is 0. The predicted molar refractivity (Wildman–Crippen MR) is 148 cm³/mol. The number of aromatic nitrogens is 2. The standard InChI is InChI=1S/C29H29N3O5S/c1-6-9-23-30-31-29(38-23)32-25(18-10-11-20(36-12-7-2)22(15-18)35-8-3)24-26(33)19-13-16(4)17(5)14-21(19)37-27(24)28(32)34/h7,10-11,13-15,25H,2,6,8-9,12H2,1,3-5H3. The molecule has 8 nitrogen and oxygen atoms in total. The molecular weight excluding hydrogens is 502 g/mol. The van der Waals surface area contributed by atoms with Gasteiger partial charge in [-0.05, 0) is 68.1 Å². The van der Waals surface area contributed by atoms with Crippen LogP contribution in [0.15, 0.2) is 52.2 Å². The van der Waals surface area contributed by atoms with E-state index in [1.807, 2.05) is 32.9 Å². The highest BCUT2D eigenvalue weighted by Crippen LogP contribution is 2.44. The smallest absolute Gasteiger partial charge is 0.297 e. The fourth-order valence-electron chi connectivity index (χ4n) is 4.63. The third-order valence-corrected chi connectivity index (χ3v) is 7.53. The molecule has 3 heterocycles. The van der Waals surface area contributed by atoms with Crippen LogP contribution in [0, 0.1) is 13.8 Å². The van der Waals surface area contributed by atoms with E-state index >= 15 is 0 Å². The quantitative estimate of drug-likeness (QED) is 0.247. The van der Waals surface area contributed by atoms with E-state index in [4.69, 9.17) is 13.9 Å². The van der Waals surface area contributed by atoms with Gasteiger partial charge in [-0.2, -0.15) is 0 Å². The van der Waals surface area contributed by atoms with Crippen LogP contribution in [0.5, 0.6) is 11.5 Å². The van der Waals surface area contributed by atoms with Crippen LogP contribution in [-0.4, -0.2) is 29.3 Å². The minimum absolute atomic E-state index is 0.0212. The van der Waals surface area contributed by atoms with Crippen molar-refractivity contribution in [2.24, 2.45) is 0 Å². The van der Waals surface area contributed by atoms with Gasteiger partial charge in [-0.25, -0.2) is 0 Å². The summed E-state index contributed by atoms with van der Waals surface area (Å²) in [6.07, 6.45) is 3.31. The number of carbonyl (C=O) groups is 1. The first-order valence-corrected chi connectivity index (χ1v) is 13.4. The summed E-state index contributed by atoms with van der Waals surface area (Å²) in [5.74, 6) is 0.650. The van der Waals surface area contributed by atoms with E-state index < -0.39 is 11.9 Å². The minimum atomic E-state index is -0.769. The van der Waals surface area contributed by atoms with Crippen LogP contribution < -0.4 is 19.8 Å². The van der Waals surface area contributed by atoms with E-state index in [0.29, 0.717) is 46.4 Å². The summed E-state index contributed by atoms with van der Waals surface area (Å²) in [6, 6.07) is 8.28. The lowest BCUT2D eigenvalue weighted by atomic mass is 9.97. The lowest BCUT2D eigenvalue weighted by Crippen LogP contribution is -2.29. The number of anilines is 1. The van der Waals surface area contributed by atoms with Gasteiger partial charge in [-0.1, -0.05) is 37.0 Å². The van der Waals surface area contributed by atoms with Gasteiger partial charge in [0.15, 0.2) is 16.9 Å². The van der Waals surface area contributed by atoms with Crippen LogP contribution in [0.2, 0.25) is 0 Å². The second-order valence-corrected chi connectivity index (χ2v) is 10.2. The van der Waals surface area contributed by atoms with Crippen molar-refractivity contribution in [1.82, 2.24) is 10.2 Å². The van der Waals surface area contributed by atoms with Gasteiger partial charge < -0.3 is 13.9 Å². The highest BCUT2D eigenvalue weighted by atomic mass is 32.1. The van der Waals surface area contributed by atoms with Crippen LogP contribution in [-0.2, 0) is 6.42 Å². The van der Waals surface area contributed by atoms with Crippen molar-refractivity contribution in [2.45, 2.75) is 46.6 Å². The SMILES string of the molecule is C=CCOc1ccc(C2c3c(oc4cc(C)c(C)cc4c3=O)C(=O)N2c2nnc(CCC)s2)cc1OCC. The third kappa shape index (κ3) is 4.36. The van der Waals surface area contributed by atoms with E-state index in [-0.39, 0.29) is 16.8 Å². The first kappa shape index (κ1) is 25.7. The summed E-state index contributed by atoms with van der Waals surface area (Å²) in [5.41, 5.74) is 3.04. The predicted octanol–water partition coefficient (Wildman–Crippen LogP) is 5.93. The molecule has 4 aromatic rings. The Balaban J connectivity index is 1.74. The second kappa shape index (κ2) is 10.4. The lowest BCUT2D eigenvalue weighted by Gasteiger charge is -2.23. The van der Waals surface area contributed by atoms with Gasteiger partial charge in [0.1, 0.15) is 17.2 Å². The molecule has 38 heavy (non-hydrogen) atoms. The molecule has 2 aromatic carbocycles. The van der Waals surface area contributed by atoms with E-state index in [2.05, 4.69) is 23.7 Å². The number of amides is 1. The zero-order valence-corrected chi connectivity index (χ0v) is 22.7. The first-order valence-electron chi connectivity index (χ1n) is 12.6. The molecule has 9 heteroatoms. The van der Waals surface area contributed by atoms with E-state index in [1.54, 1.807) is 24.3 Å². The second-order valence-electron chi connectivity index (χ2n) is 9.15. The normalized spacial score (nSPS) is 14.7. The number of nitrogens with zero attached hydrogens (tertiary/aromatic N) is 3. The number of benzene rings is 2. The third-order valence-electron chi connectivity index (χ3n) is 6.55. The molecular formula is C29H29N3O5S. The summed E-state index contributed by atoms with van der Waals surface area (Å²) in [4.78, 5) is 29.4. The molecule has 1 aliphatic rings. The van der Waals surface area contributed by atoms with Gasteiger partial charge in [-0.15, -0.1) is 10.2 Å². The molecule has 1 unspecified atom stereocenters. The Kier molecular flexibility index (Phi) is 7.03. The molecule has 1 atom stereocenters. The molecule has 0 saturated carbocycles. The average Bonchev–Trinajstić information content (AvgIpc) is 3.47. The van der Waals surface area contributed by atoms with Crippen LogP contribution in [0.25, 0.3) is 11.0 Å². The van der Waals surface area contributed by atoms with Crippen LogP contribution in [0.3, 0.4) is 0 Å². The Morgan fingerprint density at radius 2 is 1.87 bits per heavy atom. The Labute approximate surface area is 224 Å². The fourth-order valence-corrected chi connectivity index (χ4v) is 5.60. The van der Waals surface area contributed by atoms with Gasteiger partial charge in [-0.3, -0.25) is 14.5 Å². The fraction of sp³-hybridized carbons (Fsp3) is 0.310. The largest absolute Gasteiger partial charge is 0.490 e. The summed E-state index contributed by atoms with van der Waals surface area (Å²) in [7, 11) is 0. The monoisotopic (exact) mass is 531 g/mol. The Morgan fingerprint density at radius 3 is 2.61 bits per heavy atom. The van der Waals surface area contributed by atoms with Crippen molar-refractivity contribution < 1.29 is 18.7 Å². The number of carbonyl (C=O) groups excluding carboxylic acids is 1. The Morgan fingerprint density at radius 1 is 1.08 bits per heavy atom. The number of aryl methyl sites for hydroxylation is 3. The number of hydrogen-bond acceptors (Lipinski definition) is 8. The van der Waals surface area contributed by atoms with Gasteiger partial charge in [0.05, 0.1) is 23.6 Å². The number of fused-ring (bicyclic) bond motifs is 2. The summed E-state index contributed by atoms with van der Waals surface area (Å²) in [5, 5.41) is 10.3. The van der Waals surface area contributed by atoms with Crippen LogP contribution >= 0.6 is 11.3 Å². The molecule has 5 rings (SSSR count). The zero-order valence-electron chi connectivity index (χ0n) is 21.9. The maximum absolute atomic E-state index is 14.0. The molecule has 0 radical (unpaired) electrons. The van der Waals surface area contributed by atoms with E-state index in [0.717, 1.165) is 29.0 Å². The van der Waals surface area contributed by atoms with Crippen molar-refractivity contribution in [1.29, 1.82) is 0 Å². The van der Waals surface area contributed by atoms with E-state index in [1.165, 1.54) is 16.2 Å². The molecule has 1 aliphatic heterocycles. The van der Waals surface area contributed by atoms with Crippen molar-refractivity contribution in [3.63, 3.8) is 0 Å². The Bertz CT molecular complexity index is 1610. The van der Waals surface area contributed by atoms with Crippen LogP contribution in [0.1, 0.15) is 64.1 Å². The van der Waals surface area contributed by atoms with Gasteiger partial charge >= 0.3 is 0 Å². The number of ether oxygens (including phenoxy) is 2. The highest BCUT2D eigenvalue weighted by molar-refractivity contribution is 7.15. The molecule has 0 aliphatic carbocycles. The van der Waals surface area contributed by atoms with Crippen LogP contribution in [0.4, 0.5) is 5.13 Å². The topological polar surface area (TPSA) is 94.8 Å². The average molecular weight is 532 g/mol. The molecule has 0 fully saturated rings. The van der Waals surface area contributed by atoms with Gasteiger partial charge in [0.2, 0.25) is 10.9 Å². The molecule has 0 saturated heterocycles. The van der Waals surface area contributed by atoms with E-state index in [9.17, 15) is 9.59 Å². The molecule has 1 amide bonds. The summed E-state index contributed by atoms with van der Waals surface area (Å²) in [6.45, 7) is 12.3. The van der Waals surface area contributed by atoms with Gasteiger partial charge in [0, 0.05) is 6.42 Å². The van der Waals surface area contributed by atoms with Crippen molar-refractivity contribution in [3.8, 4) is 11.5 Å². The summed E-state index contributed by atoms with van der Waals surface area (Å²) < 4.78 is 17.8. The zero-order chi connectivity index (χ0) is 27.0. The van der Waals surface area contributed by atoms with Gasteiger partial charge in [0.25, 0.3) is 5.91 Å². The molecule has 196 valence electrons. The maximum atomic E-state index is 14.0. The molecule has 0 N–H and O–H groups in total. The molecule has 0 bridgehead atoms. The lowest BCUT2D eigenvalue weighted by molar-refractivity contribution is 0.0970. The highest BCUT2D eigenvalue weighted by Gasteiger charge is 2.45. The maximum Gasteiger partial charge on any atom is 0.297 e. The van der Waals surface area contributed by atoms with Crippen molar-refractivity contribution in [2.75, 3.05) is 18.1 Å². The molecule has 2 aromatic heterocycles.